The van der Waals surface area contributed by atoms with Gasteiger partial charge in [0.1, 0.15) is 11.4 Å². The Kier molecular flexibility index (Phi) is 4.76. The number of phenolic OH excluding ortho intramolecular Hbond substituents is 1. The van der Waals surface area contributed by atoms with Crippen LogP contribution in [0.4, 0.5) is 0 Å². The molecule has 24 heavy (non-hydrogen) atoms. The number of benzene rings is 2. The Hall–Kier alpha value is -2.08. The lowest BCUT2D eigenvalue weighted by Crippen LogP contribution is -2.30. The van der Waals surface area contributed by atoms with Crippen molar-refractivity contribution in [3.8, 4) is 5.75 Å². The maximum absolute atomic E-state index is 12.6. The van der Waals surface area contributed by atoms with Crippen LogP contribution in [-0.4, -0.2) is 21.0 Å². The van der Waals surface area contributed by atoms with Gasteiger partial charge in [-0.3, -0.25) is 9.69 Å². The molecule has 3 rings (SSSR count). The first-order chi connectivity index (χ1) is 11.5. The molecule has 122 valence electrons. The van der Waals surface area contributed by atoms with E-state index in [4.69, 9.17) is 35.4 Å². The van der Waals surface area contributed by atoms with E-state index in [0.29, 0.717) is 15.6 Å². The Bertz CT molecular complexity index is 867. The van der Waals surface area contributed by atoms with Crippen molar-refractivity contribution in [3.05, 3.63) is 69.3 Å². The van der Waals surface area contributed by atoms with Gasteiger partial charge in [-0.15, -0.1) is 0 Å². The van der Waals surface area contributed by atoms with Crippen LogP contribution in [0.15, 0.2) is 48.2 Å². The summed E-state index contributed by atoms with van der Waals surface area (Å²) in [5.74, 6) is -0.267. The molecule has 0 aromatic heterocycles. The second-order valence-corrected chi connectivity index (χ2v) is 6.40. The lowest BCUT2D eigenvalue weighted by molar-refractivity contribution is -0.122. The third-order valence-corrected chi connectivity index (χ3v) is 4.46. The Balaban J connectivity index is 1.88. The molecular weight excluding hydrogens is 367 g/mol. The molecule has 2 aromatic carbocycles. The molecule has 0 aliphatic carbocycles. The van der Waals surface area contributed by atoms with E-state index >= 15 is 0 Å². The Morgan fingerprint density at radius 3 is 2.71 bits per heavy atom. The van der Waals surface area contributed by atoms with E-state index in [1.165, 1.54) is 17.0 Å². The van der Waals surface area contributed by atoms with Crippen molar-refractivity contribution < 1.29 is 9.90 Å². The van der Waals surface area contributed by atoms with Crippen molar-refractivity contribution in [3.63, 3.8) is 0 Å². The average molecular weight is 379 g/mol. The van der Waals surface area contributed by atoms with Crippen LogP contribution in [0, 0.1) is 0 Å². The van der Waals surface area contributed by atoms with Crippen molar-refractivity contribution in [2.45, 2.75) is 6.54 Å². The highest BCUT2D eigenvalue weighted by atomic mass is 35.5. The Morgan fingerprint density at radius 1 is 1.21 bits per heavy atom. The highest BCUT2D eigenvalue weighted by Crippen LogP contribution is 2.26. The molecule has 0 unspecified atom stereocenters. The van der Waals surface area contributed by atoms with Gasteiger partial charge in [-0.1, -0.05) is 41.4 Å². The summed E-state index contributed by atoms with van der Waals surface area (Å²) in [6, 6.07) is 11.9. The lowest BCUT2D eigenvalue weighted by atomic mass is 10.1. The first-order valence-electron chi connectivity index (χ1n) is 7.02. The molecule has 2 aromatic rings. The fraction of sp³-hybridized carbons (Fsp3) is 0.0588. The average Bonchev–Trinajstić information content (AvgIpc) is 2.80. The number of carbonyl (C=O) groups excluding carboxylic acids is 1. The molecule has 1 heterocycles. The zero-order valence-electron chi connectivity index (χ0n) is 12.3. The van der Waals surface area contributed by atoms with Crippen LogP contribution >= 0.6 is 35.4 Å². The summed E-state index contributed by atoms with van der Waals surface area (Å²) in [7, 11) is 0. The van der Waals surface area contributed by atoms with Crippen molar-refractivity contribution in [2.24, 2.45) is 0 Å². The topological polar surface area (TPSA) is 52.6 Å². The number of carbonyl (C=O) groups is 1. The van der Waals surface area contributed by atoms with Crippen molar-refractivity contribution in [1.29, 1.82) is 0 Å². The summed E-state index contributed by atoms with van der Waals surface area (Å²) < 4.78 is 0. The van der Waals surface area contributed by atoms with E-state index in [0.717, 1.165) is 5.56 Å². The van der Waals surface area contributed by atoms with Gasteiger partial charge in [0.2, 0.25) is 0 Å². The van der Waals surface area contributed by atoms with Crippen LogP contribution in [0.3, 0.4) is 0 Å². The molecule has 4 nitrogen and oxygen atoms in total. The molecule has 1 saturated heterocycles. The van der Waals surface area contributed by atoms with Crippen LogP contribution in [-0.2, 0) is 11.3 Å². The summed E-state index contributed by atoms with van der Waals surface area (Å²) in [6.45, 7) is 0.267. The van der Waals surface area contributed by atoms with E-state index in [-0.39, 0.29) is 29.0 Å². The highest BCUT2D eigenvalue weighted by molar-refractivity contribution is 7.80. The predicted octanol–water partition coefficient (Wildman–Crippen LogP) is 3.96. The van der Waals surface area contributed by atoms with Crippen molar-refractivity contribution in [1.82, 2.24) is 10.2 Å². The molecule has 7 heteroatoms. The smallest absolute Gasteiger partial charge is 0.276 e. The Labute approximate surface area is 154 Å². The quantitative estimate of drug-likeness (QED) is 0.626. The maximum Gasteiger partial charge on any atom is 0.276 e. The second kappa shape index (κ2) is 6.81. The molecule has 0 bridgehead atoms. The van der Waals surface area contributed by atoms with E-state index < -0.39 is 0 Å². The van der Waals surface area contributed by atoms with E-state index in [2.05, 4.69) is 5.32 Å². The number of thiocarbonyl (C=S) groups is 1. The maximum atomic E-state index is 12.6. The van der Waals surface area contributed by atoms with Gasteiger partial charge in [-0.05, 0) is 48.1 Å². The first kappa shape index (κ1) is 16.8. The largest absolute Gasteiger partial charge is 0.507 e. The summed E-state index contributed by atoms with van der Waals surface area (Å²) in [5.41, 5.74) is 1.49. The number of nitrogens with one attached hydrogen (secondary N) is 1. The third kappa shape index (κ3) is 3.38. The minimum Gasteiger partial charge on any atom is -0.507 e. The molecule has 1 fully saturated rings. The molecular formula is C17H12Cl2N2O2S. The number of nitrogens with zero attached hydrogens (tertiary/aromatic N) is 1. The molecule has 1 aliphatic rings. The number of aromatic hydroxyl groups is 1. The summed E-state index contributed by atoms with van der Waals surface area (Å²) in [5, 5.41) is 14.1. The number of hydrogen-bond acceptors (Lipinski definition) is 3. The molecule has 0 saturated carbocycles. The zero-order chi connectivity index (χ0) is 17.3. The van der Waals surface area contributed by atoms with Gasteiger partial charge in [0.05, 0.1) is 6.54 Å². The van der Waals surface area contributed by atoms with Crippen LogP contribution < -0.4 is 5.32 Å². The third-order valence-electron chi connectivity index (χ3n) is 3.54. The van der Waals surface area contributed by atoms with E-state index in [9.17, 15) is 9.90 Å². The summed E-state index contributed by atoms with van der Waals surface area (Å²) >= 11 is 17.3. The molecule has 0 atom stereocenters. The molecule has 0 spiro atoms. The summed E-state index contributed by atoms with van der Waals surface area (Å²) in [6.07, 6.45) is 1.52. The van der Waals surface area contributed by atoms with Gasteiger partial charge in [0.15, 0.2) is 5.11 Å². The van der Waals surface area contributed by atoms with Gasteiger partial charge in [-0.2, -0.15) is 0 Å². The van der Waals surface area contributed by atoms with Gasteiger partial charge in [0.25, 0.3) is 5.91 Å². The SMILES string of the molecule is O=C1/C(=C/c2cc(Cl)ccc2O)NC(=S)N1Cc1ccccc1Cl. The van der Waals surface area contributed by atoms with Crippen LogP contribution in [0.1, 0.15) is 11.1 Å². The van der Waals surface area contributed by atoms with E-state index in [1.807, 2.05) is 18.2 Å². The number of rotatable bonds is 3. The molecule has 2 N–H and O–H groups in total. The predicted molar refractivity (Wildman–Crippen MR) is 98.8 cm³/mol. The summed E-state index contributed by atoms with van der Waals surface area (Å²) in [4.78, 5) is 14.0. The van der Waals surface area contributed by atoms with Gasteiger partial charge >= 0.3 is 0 Å². The zero-order valence-corrected chi connectivity index (χ0v) is 14.6. The highest BCUT2D eigenvalue weighted by Gasteiger charge is 2.31. The number of phenols is 1. The number of halogens is 2. The molecule has 1 aliphatic heterocycles. The van der Waals surface area contributed by atoms with E-state index in [1.54, 1.807) is 18.2 Å². The van der Waals surface area contributed by atoms with Gasteiger partial charge < -0.3 is 10.4 Å². The number of amides is 1. The molecule has 1 amide bonds. The van der Waals surface area contributed by atoms with Gasteiger partial charge in [0, 0.05) is 15.6 Å². The van der Waals surface area contributed by atoms with Crippen molar-refractivity contribution >= 4 is 52.5 Å². The minimum absolute atomic E-state index is 0.0250. The first-order valence-corrected chi connectivity index (χ1v) is 8.18. The van der Waals surface area contributed by atoms with Crippen molar-refractivity contribution in [2.75, 3.05) is 0 Å². The number of hydrogen-bond donors (Lipinski definition) is 2. The lowest BCUT2D eigenvalue weighted by Gasteiger charge is -2.14. The Morgan fingerprint density at radius 2 is 1.96 bits per heavy atom. The molecule has 0 radical (unpaired) electrons. The standard InChI is InChI=1S/C17H12Cl2N2O2S/c18-12-5-6-15(22)11(7-12)8-14-16(23)21(17(24)20-14)9-10-3-1-2-4-13(10)19/h1-8,22H,9H2,(H,20,24)/b14-8-. The van der Waals surface area contributed by atoms with Crippen LogP contribution in [0.5, 0.6) is 5.75 Å². The van der Waals surface area contributed by atoms with Crippen LogP contribution in [0.25, 0.3) is 6.08 Å². The minimum atomic E-state index is -0.292. The van der Waals surface area contributed by atoms with Gasteiger partial charge in [-0.25, -0.2) is 0 Å². The normalized spacial score (nSPS) is 15.9. The second-order valence-electron chi connectivity index (χ2n) is 5.17. The fourth-order valence-corrected chi connectivity index (χ4v) is 2.94. The van der Waals surface area contributed by atoms with Crippen LogP contribution in [0.2, 0.25) is 10.0 Å². The fourth-order valence-electron chi connectivity index (χ4n) is 2.31. The monoisotopic (exact) mass is 378 g/mol.